The van der Waals surface area contributed by atoms with Crippen molar-refractivity contribution < 1.29 is 14.3 Å². The van der Waals surface area contributed by atoms with Gasteiger partial charge < -0.3 is 19.9 Å². The van der Waals surface area contributed by atoms with E-state index in [9.17, 15) is 9.59 Å². The first kappa shape index (κ1) is 20.8. The molecule has 1 aromatic heterocycles. The molecule has 1 unspecified atom stereocenters. The SMILES string of the molecule is Cc1cc2cc(CNC(=O)C(NC(=O)OC(C)(C)C)C(C)C)ccc2n1C. The van der Waals surface area contributed by atoms with Crippen molar-refractivity contribution in [3.8, 4) is 0 Å². The maximum absolute atomic E-state index is 12.6. The summed E-state index contributed by atoms with van der Waals surface area (Å²) in [5.41, 5.74) is 2.76. The van der Waals surface area contributed by atoms with Gasteiger partial charge in [-0.1, -0.05) is 19.9 Å². The smallest absolute Gasteiger partial charge is 0.408 e. The van der Waals surface area contributed by atoms with Crippen LogP contribution in [0.3, 0.4) is 0 Å². The molecular formula is C21H31N3O3. The van der Waals surface area contributed by atoms with Crippen molar-refractivity contribution >= 4 is 22.9 Å². The first-order valence-corrected chi connectivity index (χ1v) is 9.30. The van der Waals surface area contributed by atoms with Gasteiger partial charge in [0.1, 0.15) is 11.6 Å². The van der Waals surface area contributed by atoms with Gasteiger partial charge in [-0.15, -0.1) is 0 Å². The molecule has 2 rings (SSSR count). The van der Waals surface area contributed by atoms with E-state index < -0.39 is 17.7 Å². The predicted molar refractivity (Wildman–Crippen MR) is 107 cm³/mol. The van der Waals surface area contributed by atoms with E-state index in [1.54, 1.807) is 20.8 Å². The van der Waals surface area contributed by atoms with Gasteiger partial charge in [-0.25, -0.2) is 4.79 Å². The number of aryl methyl sites for hydroxylation is 2. The highest BCUT2D eigenvalue weighted by Gasteiger charge is 2.26. The summed E-state index contributed by atoms with van der Waals surface area (Å²) in [6, 6.07) is 7.62. The van der Waals surface area contributed by atoms with Crippen LogP contribution in [0.25, 0.3) is 10.9 Å². The predicted octanol–water partition coefficient (Wildman–Crippen LogP) is 3.65. The molecule has 2 N–H and O–H groups in total. The van der Waals surface area contributed by atoms with E-state index in [1.807, 2.05) is 27.0 Å². The fourth-order valence-corrected chi connectivity index (χ4v) is 2.92. The van der Waals surface area contributed by atoms with Crippen molar-refractivity contribution in [2.24, 2.45) is 13.0 Å². The normalized spacial score (nSPS) is 12.9. The van der Waals surface area contributed by atoms with Crippen LogP contribution in [0.15, 0.2) is 24.3 Å². The van der Waals surface area contributed by atoms with Crippen LogP contribution in [0.2, 0.25) is 0 Å². The third-order valence-electron chi connectivity index (χ3n) is 4.43. The number of hydrogen-bond acceptors (Lipinski definition) is 3. The zero-order valence-electron chi connectivity index (χ0n) is 17.3. The molecule has 0 aliphatic carbocycles. The lowest BCUT2D eigenvalue weighted by Gasteiger charge is -2.25. The highest BCUT2D eigenvalue weighted by Crippen LogP contribution is 2.19. The molecule has 0 saturated heterocycles. The molecule has 0 aliphatic rings. The van der Waals surface area contributed by atoms with Gasteiger partial charge in [0, 0.05) is 30.2 Å². The Labute approximate surface area is 161 Å². The van der Waals surface area contributed by atoms with Gasteiger partial charge in [0.2, 0.25) is 5.91 Å². The number of amides is 2. The van der Waals surface area contributed by atoms with Gasteiger partial charge >= 0.3 is 6.09 Å². The van der Waals surface area contributed by atoms with Crippen molar-refractivity contribution in [3.05, 3.63) is 35.5 Å². The third-order valence-corrected chi connectivity index (χ3v) is 4.43. The van der Waals surface area contributed by atoms with Crippen LogP contribution in [0.4, 0.5) is 4.79 Å². The standard InChI is InChI=1S/C21H31N3O3/c1-13(2)18(23-20(26)27-21(4,5)6)19(25)22-12-15-8-9-17-16(11-15)10-14(3)24(17)7/h8-11,13,18H,12H2,1-7H3,(H,22,25)(H,23,26). The maximum Gasteiger partial charge on any atom is 0.408 e. The fraction of sp³-hybridized carbons (Fsp3) is 0.524. The molecule has 1 atom stereocenters. The number of ether oxygens (including phenoxy) is 1. The molecule has 0 bridgehead atoms. The highest BCUT2D eigenvalue weighted by molar-refractivity contribution is 5.86. The average molecular weight is 373 g/mol. The van der Waals surface area contributed by atoms with E-state index in [-0.39, 0.29) is 11.8 Å². The minimum absolute atomic E-state index is 0.0585. The van der Waals surface area contributed by atoms with E-state index in [4.69, 9.17) is 4.74 Å². The molecule has 6 nitrogen and oxygen atoms in total. The molecular weight excluding hydrogens is 342 g/mol. The highest BCUT2D eigenvalue weighted by atomic mass is 16.6. The molecule has 0 radical (unpaired) electrons. The molecule has 0 saturated carbocycles. The number of benzene rings is 1. The number of hydrogen-bond donors (Lipinski definition) is 2. The summed E-state index contributed by atoms with van der Waals surface area (Å²) in [5, 5.41) is 6.74. The number of rotatable bonds is 5. The molecule has 0 fully saturated rings. The number of carbonyl (C=O) groups is 2. The summed E-state index contributed by atoms with van der Waals surface area (Å²) in [4.78, 5) is 24.6. The van der Waals surface area contributed by atoms with Crippen LogP contribution in [-0.4, -0.2) is 28.2 Å². The van der Waals surface area contributed by atoms with Gasteiger partial charge in [-0.2, -0.15) is 0 Å². The minimum Gasteiger partial charge on any atom is -0.444 e. The summed E-state index contributed by atoms with van der Waals surface area (Å²) in [6.45, 7) is 11.6. The first-order chi connectivity index (χ1) is 12.5. The van der Waals surface area contributed by atoms with Crippen LogP contribution in [-0.2, 0) is 23.1 Å². The van der Waals surface area contributed by atoms with Crippen molar-refractivity contribution in [2.45, 2.75) is 59.7 Å². The molecule has 0 spiro atoms. The van der Waals surface area contributed by atoms with E-state index in [0.717, 1.165) is 16.5 Å². The second-order valence-corrected chi connectivity index (χ2v) is 8.32. The number of fused-ring (bicyclic) bond motifs is 1. The lowest BCUT2D eigenvalue weighted by atomic mass is 10.0. The van der Waals surface area contributed by atoms with Crippen molar-refractivity contribution in [1.82, 2.24) is 15.2 Å². The summed E-state index contributed by atoms with van der Waals surface area (Å²) < 4.78 is 7.40. The van der Waals surface area contributed by atoms with Crippen molar-refractivity contribution in [3.63, 3.8) is 0 Å². The molecule has 1 heterocycles. The Hall–Kier alpha value is -2.50. The van der Waals surface area contributed by atoms with Crippen molar-refractivity contribution in [2.75, 3.05) is 0 Å². The fourth-order valence-electron chi connectivity index (χ4n) is 2.92. The lowest BCUT2D eigenvalue weighted by molar-refractivity contribution is -0.124. The van der Waals surface area contributed by atoms with Crippen LogP contribution in [0.5, 0.6) is 0 Å². The monoisotopic (exact) mass is 373 g/mol. The zero-order chi connectivity index (χ0) is 20.4. The zero-order valence-corrected chi connectivity index (χ0v) is 17.3. The van der Waals surface area contributed by atoms with Crippen LogP contribution < -0.4 is 10.6 Å². The summed E-state index contributed by atoms with van der Waals surface area (Å²) in [5.74, 6) is -0.281. The number of carbonyl (C=O) groups excluding carboxylic acids is 2. The van der Waals surface area contributed by atoms with Gasteiger partial charge in [-0.3, -0.25) is 4.79 Å². The van der Waals surface area contributed by atoms with Gasteiger partial charge in [-0.05, 0) is 57.4 Å². The average Bonchev–Trinajstić information content (AvgIpc) is 2.82. The minimum atomic E-state index is -0.650. The van der Waals surface area contributed by atoms with E-state index in [1.165, 1.54) is 5.69 Å². The summed E-state index contributed by atoms with van der Waals surface area (Å²) in [7, 11) is 2.04. The Bertz CT molecular complexity index is 831. The second-order valence-electron chi connectivity index (χ2n) is 8.32. The lowest BCUT2D eigenvalue weighted by Crippen LogP contribution is -2.50. The Morgan fingerprint density at radius 2 is 1.85 bits per heavy atom. The number of nitrogens with one attached hydrogen (secondary N) is 2. The summed E-state index contributed by atoms with van der Waals surface area (Å²) >= 11 is 0. The molecule has 148 valence electrons. The first-order valence-electron chi connectivity index (χ1n) is 9.30. The molecule has 0 aliphatic heterocycles. The van der Waals surface area contributed by atoms with Crippen LogP contribution in [0, 0.1) is 12.8 Å². The van der Waals surface area contributed by atoms with Crippen molar-refractivity contribution in [1.29, 1.82) is 0 Å². The van der Waals surface area contributed by atoms with Gasteiger partial charge in [0.05, 0.1) is 0 Å². The Balaban J connectivity index is 2.02. The Morgan fingerprint density at radius 3 is 2.44 bits per heavy atom. The van der Waals surface area contributed by atoms with E-state index in [0.29, 0.717) is 6.54 Å². The van der Waals surface area contributed by atoms with E-state index in [2.05, 4.69) is 40.3 Å². The molecule has 27 heavy (non-hydrogen) atoms. The number of alkyl carbamates (subject to hydrolysis) is 1. The maximum atomic E-state index is 12.6. The second kappa shape index (κ2) is 8.03. The van der Waals surface area contributed by atoms with Gasteiger partial charge in [0.25, 0.3) is 0 Å². The Morgan fingerprint density at radius 1 is 1.19 bits per heavy atom. The largest absolute Gasteiger partial charge is 0.444 e. The molecule has 2 amide bonds. The number of nitrogens with zero attached hydrogens (tertiary/aromatic N) is 1. The number of aromatic nitrogens is 1. The van der Waals surface area contributed by atoms with Crippen LogP contribution >= 0.6 is 0 Å². The van der Waals surface area contributed by atoms with E-state index >= 15 is 0 Å². The van der Waals surface area contributed by atoms with Gasteiger partial charge in [0.15, 0.2) is 0 Å². The topological polar surface area (TPSA) is 72.4 Å². The Kier molecular flexibility index (Phi) is 6.19. The molecule has 2 aromatic rings. The third kappa shape index (κ3) is 5.49. The summed E-state index contributed by atoms with van der Waals surface area (Å²) in [6.07, 6.45) is -0.586. The molecule has 1 aromatic carbocycles. The molecule has 6 heteroatoms. The quantitative estimate of drug-likeness (QED) is 0.840. The van der Waals surface area contributed by atoms with Crippen LogP contribution in [0.1, 0.15) is 45.9 Å².